The molecule has 0 saturated heterocycles. The highest BCUT2D eigenvalue weighted by Crippen LogP contribution is 2.32. The van der Waals surface area contributed by atoms with Gasteiger partial charge in [-0.05, 0) is 24.6 Å². The first-order valence-electron chi connectivity index (χ1n) is 8.96. The molecule has 0 bridgehead atoms. The van der Waals surface area contributed by atoms with Crippen molar-refractivity contribution in [3.63, 3.8) is 0 Å². The number of guanidine groups is 1. The van der Waals surface area contributed by atoms with Crippen molar-refractivity contribution in [1.29, 1.82) is 0 Å². The Balaban J connectivity index is 1.62. The fourth-order valence-corrected chi connectivity index (χ4v) is 2.86. The molecule has 0 radical (unpaired) electrons. The van der Waals surface area contributed by atoms with E-state index in [0.717, 1.165) is 54.9 Å². The van der Waals surface area contributed by atoms with Crippen molar-refractivity contribution in [2.24, 2.45) is 4.99 Å². The summed E-state index contributed by atoms with van der Waals surface area (Å²) >= 11 is 0. The maximum atomic E-state index is 5.46. The SMILES string of the molecule is CCNC(=NCCn1cnnc1CC)N(C)Cc1ccc2c(c1)OCO2. The van der Waals surface area contributed by atoms with Crippen LogP contribution >= 0.6 is 0 Å². The molecule has 3 rings (SSSR count). The Hall–Kier alpha value is -2.77. The van der Waals surface area contributed by atoms with E-state index in [1.54, 1.807) is 6.33 Å². The molecule has 0 atom stereocenters. The van der Waals surface area contributed by atoms with E-state index in [-0.39, 0.29) is 0 Å². The van der Waals surface area contributed by atoms with Crippen molar-refractivity contribution in [3.05, 3.63) is 35.9 Å². The molecule has 0 amide bonds. The number of aliphatic imine (C=N–C) groups is 1. The predicted molar refractivity (Wildman–Crippen MR) is 99.4 cm³/mol. The molecule has 140 valence electrons. The highest BCUT2D eigenvalue weighted by atomic mass is 16.7. The number of hydrogen-bond acceptors (Lipinski definition) is 5. The minimum absolute atomic E-state index is 0.293. The third-order valence-electron chi connectivity index (χ3n) is 4.17. The summed E-state index contributed by atoms with van der Waals surface area (Å²) in [5.74, 6) is 3.46. The second-order valence-electron chi connectivity index (χ2n) is 6.07. The van der Waals surface area contributed by atoms with Crippen LogP contribution in [0.15, 0.2) is 29.5 Å². The maximum Gasteiger partial charge on any atom is 0.231 e. The Bertz CT molecular complexity index is 758. The molecule has 0 spiro atoms. The molecule has 1 N–H and O–H groups in total. The zero-order valence-electron chi connectivity index (χ0n) is 15.6. The highest BCUT2D eigenvalue weighted by Gasteiger charge is 2.14. The first-order chi connectivity index (χ1) is 12.7. The van der Waals surface area contributed by atoms with Crippen LogP contribution in [-0.2, 0) is 19.5 Å². The number of aryl methyl sites for hydroxylation is 1. The van der Waals surface area contributed by atoms with Gasteiger partial charge in [0.15, 0.2) is 17.5 Å². The van der Waals surface area contributed by atoms with Gasteiger partial charge < -0.3 is 24.3 Å². The summed E-state index contributed by atoms with van der Waals surface area (Å²) in [7, 11) is 2.03. The molecule has 2 aromatic rings. The van der Waals surface area contributed by atoms with E-state index in [2.05, 4.69) is 40.3 Å². The zero-order chi connectivity index (χ0) is 18.4. The van der Waals surface area contributed by atoms with Gasteiger partial charge in [0.05, 0.1) is 6.54 Å². The van der Waals surface area contributed by atoms with Gasteiger partial charge in [0.2, 0.25) is 6.79 Å². The van der Waals surface area contributed by atoms with E-state index in [4.69, 9.17) is 14.5 Å². The second kappa shape index (κ2) is 8.55. The molecule has 0 aliphatic carbocycles. The van der Waals surface area contributed by atoms with Crippen LogP contribution in [0, 0.1) is 0 Å². The lowest BCUT2D eigenvalue weighted by Crippen LogP contribution is -2.38. The molecule has 8 nitrogen and oxygen atoms in total. The normalized spacial score (nSPS) is 13.1. The Morgan fingerprint density at radius 1 is 1.31 bits per heavy atom. The topological polar surface area (TPSA) is 76.8 Å². The van der Waals surface area contributed by atoms with Crippen molar-refractivity contribution in [2.75, 3.05) is 26.9 Å². The van der Waals surface area contributed by atoms with Crippen LogP contribution in [0.4, 0.5) is 0 Å². The van der Waals surface area contributed by atoms with Crippen LogP contribution in [0.5, 0.6) is 11.5 Å². The summed E-state index contributed by atoms with van der Waals surface area (Å²) in [6.45, 7) is 7.42. The lowest BCUT2D eigenvalue weighted by Gasteiger charge is -2.22. The average Bonchev–Trinajstić information content (AvgIpc) is 3.29. The molecule has 0 unspecified atom stereocenters. The number of nitrogens with zero attached hydrogens (tertiary/aromatic N) is 5. The van der Waals surface area contributed by atoms with Crippen LogP contribution in [0.2, 0.25) is 0 Å². The van der Waals surface area contributed by atoms with Gasteiger partial charge >= 0.3 is 0 Å². The zero-order valence-corrected chi connectivity index (χ0v) is 15.6. The van der Waals surface area contributed by atoms with Gasteiger partial charge in [-0.2, -0.15) is 0 Å². The number of ether oxygens (including phenoxy) is 2. The molecule has 1 aromatic heterocycles. The Morgan fingerprint density at radius 2 is 2.15 bits per heavy atom. The molecule has 0 fully saturated rings. The molecule has 8 heteroatoms. The maximum absolute atomic E-state index is 5.46. The van der Waals surface area contributed by atoms with Gasteiger partial charge in [0, 0.05) is 33.1 Å². The Labute approximate surface area is 153 Å². The van der Waals surface area contributed by atoms with Gasteiger partial charge in [0.25, 0.3) is 0 Å². The molecule has 1 aromatic carbocycles. The fourth-order valence-electron chi connectivity index (χ4n) is 2.86. The monoisotopic (exact) mass is 358 g/mol. The highest BCUT2D eigenvalue weighted by molar-refractivity contribution is 5.79. The van der Waals surface area contributed by atoms with E-state index >= 15 is 0 Å². The fraction of sp³-hybridized carbons (Fsp3) is 0.500. The predicted octanol–water partition coefficient (Wildman–Crippen LogP) is 1.67. The number of benzene rings is 1. The molecule has 1 aliphatic rings. The standard InChI is InChI=1S/C18H26N6O2/c1-4-17-22-21-12-24(17)9-8-20-18(19-5-2)23(3)11-14-6-7-15-16(10-14)26-13-25-15/h6-7,10,12H,4-5,8-9,11,13H2,1-3H3,(H,19,20). The van der Waals surface area contributed by atoms with E-state index in [0.29, 0.717) is 13.3 Å². The van der Waals surface area contributed by atoms with Crippen molar-refractivity contribution in [3.8, 4) is 11.5 Å². The first-order valence-corrected chi connectivity index (χ1v) is 8.96. The summed E-state index contributed by atoms with van der Waals surface area (Å²) in [4.78, 5) is 6.84. The van der Waals surface area contributed by atoms with Crippen LogP contribution in [-0.4, -0.2) is 52.6 Å². The van der Waals surface area contributed by atoms with Crippen LogP contribution in [0.3, 0.4) is 0 Å². The minimum atomic E-state index is 0.293. The summed E-state index contributed by atoms with van der Waals surface area (Å²) in [6.07, 6.45) is 2.63. The third-order valence-corrected chi connectivity index (χ3v) is 4.17. The van der Waals surface area contributed by atoms with Gasteiger partial charge in [-0.15, -0.1) is 10.2 Å². The molecular formula is C18H26N6O2. The van der Waals surface area contributed by atoms with Gasteiger partial charge in [-0.3, -0.25) is 4.99 Å². The van der Waals surface area contributed by atoms with E-state index in [9.17, 15) is 0 Å². The Kier molecular flexibility index (Phi) is 5.93. The van der Waals surface area contributed by atoms with Crippen LogP contribution in [0.25, 0.3) is 0 Å². The van der Waals surface area contributed by atoms with E-state index in [1.807, 2.05) is 23.7 Å². The summed E-state index contributed by atoms with van der Waals surface area (Å²) in [6, 6.07) is 6.03. The third kappa shape index (κ3) is 4.25. The molecular weight excluding hydrogens is 332 g/mol. The van der Waals surface area contributed by atoms with Crippen molar-refractivity contribution in [1.82, 2.24) is 25.0 Å². The van der Waals surface area contributed by atoms with Crippen LogP contribution in [0.1, 0.15) is 25.2 Å². The molecule has 0 saturated carbocycles. The minimum Gasteiger partial charge on any atom is -0.454 e. The number of aromatic nitrogens is 3. The Morgan fingerprint density at radius 3 is 2.96 bits per heavy atom. The number of rotatable bonds is 7. The summed E-state index contributed by atoms with van der Waals surface area (Å²) in [5.41, 5.74) is 1.15. The van der Waals surface area contributed by atoms with Crippen molar-refractivity contribution >= 4 is 5.96 Å². The van der Waals surface area contributed by atoms with Crippen molar-refractivity contribution in [2.45, 2.75) is 33.4 Å². The molecule has 1 aliphatic heterocycles. The quantitative estimate of drug-likeness (QED) is 0.599. The number of nitrogens with one attached hydrogen (secondary N) is 1. The molecule has 26 heavy (non-hydrogen) atoms. The van der Waals surface area contributed by atoms with Gasteiger partial charge in [0.1, 0.15) is 12.2 Å². The lowest BCUT2D eigenvalue weighted by molar-refractivity contribution is 0.174. The smallest absolute Gasteiger partial charge is 0.231 e. The van der Waals surface area contributed by atoms with Crippen LogP contribution < -0.4 is 14.8 Å². The number of hydrogen-bond donors (Lipinski definition) is 1. The summed E-state index contributed by atoms with van der Waals surface area (Å²) < 4.78 is 12.9. The lowest BCUT2D eigenvalue weighted by atomic mass is 10.2. The summed E-state index contributed by atoms with van der Waals surface area (Å²) in [5, 5.41) is 11.4. The largest absolute Gasteiger partial charge is 0.454 e. The average molecular weight is 358 g/mol. The molecule has 2 heterocycles. The first kappa shape index (κ1) is 18.0. The number of fused-ring (bicyclic) bond motifs is 1. The van der Waals surface area contributed by atoms with E-state index < -0.39 is 0 Å². The van der Waals surface area contributed by atoms with Crippen molar-refractivity contribution < 1.29 is 9.47 Å². The van der Waals surface area contributed by atoms with Gasteiger partial charge in [-0.1, -0.05) is 13.0 Å². The van der Waals surface area contributed by atoms with E-state index in [1.165, 1.54) is 0 Å². The second-order valence-corrected chi connectivity index (χ2v) is 6.07. The van der Waals surface area contributed by atoms with Gasteiger partial charge in [-0.25, -0.2) is 0 Å².